The van der Waals surface area contributed by atoms with Gasteiger partial charge in [-0.3, -0.25) is 9.80 Å². The molecule has 0 radical (unpaired) electrons. The van der Waals surface area contributed by atoms with Gasteiger partial charge >= 0.3 is 6.18 Å². The number of halogens is 3. The number of piperazine rings is 1. The van der Waals surface area contributed by atoms with Gasteiger partial charge in [-0.25, -0.2) is 18.4 Å². The highest BCUT2D eigenvalue weighted by Crippen LogP contribution is 2.39. The third-order valence-corrected chi connectivity index (χ3v) is 11.7. The molecule has 16 heteroatoms. The second kappa shape index (κ2) is 13.2. The Hall–Kier alpha value is -3.49. The summed E-state index contributed by atoms with van der Waals surface area (Å²) in [5.74, 6) is 0.478. The number of nitrogens with two attached hydrogens (primary N) is 1. The van der Waals surface area contributed by atoms with Crippen molar-refractivity contribution in [2.75, 3.05) is 63.1 Å². The topological polar surface area (TPSA) is 136 Å². The van der Waals surface area contributed by atoms with Gasteiger partial charge < -0.3 is 15.6 Å². The highest BCUT2D eigenvalue weighted by molar-refractivity contribution is 7.88. The first-order chi connectivity index (χ1) is 22.3. The van der Waals surface area contributed by atoms with E-state index in [9.17, 15) is 26.9 Å². The Morgan fingerprint density at radius 3 is 2.47 bits per heavy atom. The van der Waals surface area contributed by atoms with E-state index in [1.54, 1.807) is 0 Å². The molecule has 4 aromatic rings. The van der Waals surface area contributed by atoms with E-state index >= 15 is 0 Å². The SMILES string of the molecule is Cc1c(CN2CCC(Nc3ncnc4sc(CC(F)(F)F)c(N)c34)CC2)ccc2c1cc(C#N)n2CCN1CCN(S(C)(=O)=O)CC1. The Kier molecular flexibility index (Phi) is 9.38. The molecule has 2 fully saturated rings. The molecule has 11 nitrogen and oxygen atoms in total. The van der Waals surface area contributed by atoms with Crippen LogP contribution in [-0.4, -0.2) is 101 Å². The maximum Gasteiger partial charge on any atom is 0.393 e. The molecular formula is C31H38F3N9O2S2. The van der Waals surface area contributed by atoms with Crippen molar-refractivity contribution in [3.05, 3.63) is 46.2 Å². The lowest BCUT2D eigenvalue weighted by atomic mass is 10.0. The molecule has 0 saturated carbocycles. The van der Waals surface area contributed by atoms with Crippen LogP contribution in [0.2, 0.25) is 0 Å². The molecule has 1 aromatic carbocycles. The van der Waals surface area contributed by atoms with Crippen LogP contribution in [0.3, 0.4) is 0 Å². The van der Waals surface area contributed by atoms with Crippen molar-refractivity contribution in [2.45, 2.75) is 51.5 Å². The third kappa shape index (κ3) is 7.34. The molecule has 0 bridgehead atoms. The number of rotatable bonds is 9. The van der Waals surface area contributed by atoms with Crippen molar-refractivity contribution in [1.29, 1.82) is 5.26 Å². The second-order valence-corrected chi connectivity index (χ2v) is 15.5. The summed E-state index contributed by atoms with van der Waals surface area (Å²) in [6.07, 6.45) is -1.17. The Bertz CT molecular complexity index is 1920. The molecule has 2 aliphatic heterocycles. The van der Waals surface area contributed by atoms with Gasteiger partial charge in [0.2, 0.25) is 10.0 Å². The Morgan fingerprint density at radius 2 is 1.81 bits per heavy atom. The van der Waals surface area contributed by atoms with E-state index in [1.165, 1.54) is 22.5 Å². The van der Waals surface area contributed by atoms with Crippen LogP contribution in [0.15, 0.2) is 24.5 Å². The molecule has 0 aliphatic carbocycles. The highest BCUT2D eigenvalue weighted by atomic mass is 32.2. The van der Waals surface area contributed by atoms with Crippen LogP contribution >= 0.6 is 11.3 Å². The standard InChI is InChI=1S/C31H38F3N9O2S2/c1-20-21(3-4-25-24(20)15-23(17-35)43(25)14-11-40-9-12-42(13-10-40)47(2,44)45)18-41-7-5-22(6-8-41)39-29-27-28(36)26(16-31(32,33)34)46-30(27)38-19-37-29/h3-4,15,19,22H,5-14,16,18,36H2,1-2H3,(H,37,38,39). The fraction of sp³-hybridized carbons (Fsp3) is 0.516. The zero-order valence-electron chi connectivity index (χ0n) is 26.3. The largest absolute Gasteiger partial charge is 0.397 e. The molecule has 0 spiro atoms. The van der Waals surface area contributed by atoms with Gasteiger partial charge in [0, 0.05) is 80.7 Å². The molecule has 2 aliphatic rings. The van der Waals surface area contributed by atoms with Crippen molar-refractivity contribution < 1.29 is 21.6 Å². The Morgan fingerprint density at radius 1 is 1.09 bits per heavy atom. The first kappa shape index (κ1) is 33.4. The number of alkyl halides is 3. The van der Waals surface area contributed by atoms with Crippen LogP contribution in [-0.2, 0) is 29.5 Å². The number of anilines is 2. The molecule has 3 aromatic heterocycles. The van der Waals surface area contributed by atoms with Crippen molar-refractivity contribution in [3.63, 3.8) is 0 Å². The smallest absolute Gasteiger partial charge is 0.393 e. The normalized spacial score (nSPS) is 17.9. The van der Waals surface area contributed by atoms with E-state index in [0.717, 1.165) is 66.8 Å². The van der Waals surface area contributed by atoms with Gasteiger partial charge in [0.05, 0.1) is 23.8 Å². The van der Waals surface area contributed by atoms with Gasteiger partial charge in [0.1, 0.15) is 28.7 Å². The number of benzene rings is 1. The number of aryl methyl sites for hydroxylation is 1. The lowest BCUT2D eigenvalue weighted by Crippen LogP contribution is -2.48. The molecule has 5 heterocycles. The van der Waals surface area contributed by atoms with Crippen molar-refractivity contribution >= 4 is 54.0 Å². The number of piperidine rings is 1. The molecule has 6 rings (SSSR count). The van der Waals surface area contributed by atoms with Crippen molar-refractivity contribution in [2.24, 2.45) is 0 Å². The summed E-state index contributed by atoms with van der Waals surface area (Å²) in [6, 6.07) is 8.64. The minimum Gasteiger partial charge on any atom is -0.397 e. The predicted molar refractivity (Wildman–Crippen MR) is 178 cm³/mol. The summed E-state index contributed by atoms with van der Waals surface area (Å²) in [5.41, 5.74) is 10.2. The van der Waals surface area contributed by atoms with E-state index < -0.39 is 22.6 Å². The van der Waals surface area contributed by atoms with E-state index in [2.05, 4.69) is 54.8 Å². The van der Waals surface area contributed by atoms with Crippen LogP contribution in [0, 0.1) is 18.3 Å². The second-order valence-electron chi connectivity index (χ2n) is 12.4. The summed E-state index contributed by atoms with van der Waals surface area (Å²) in [7, 11) is -3.18. The molecule has 0 unspecified atom stereocenters. The van der Waals surface area contributed by atoms with Gasteiger partial charge in [0.25, 0.3) is 0 Å². The first-order valence-electron chi connectivity index (χ1n) is 15.6. The van der Waals surface area contributed by atoms with E-state index in [-0.39, 0.29) is 16.6 Å². The van der Waals surface area contributed by atoms with E-state index in [0.29, 0.717) is 54.5 Å². The monoisotopic (exact) mass is 689 g/mol. The molecule has 0 amide bonds. The maximum absolute atomic E-state index is 13.1. The van der Waals surface area contributed by atoms with E-state index in [4.69, 9.17) is 5.73 Å². The average molecular weight is 690 g/mol. The van der Waals surface area contributed by atoms with Crippen molar-refractivity contribution in [3.8, 4) is 6.07 Å². The molecule has 2 saturated heterocycles. The number of likely N-dealkylation sites (tertiary alicyclic amines) is 1. The lowest BCUT2D eigenvalue weighted by Gasteiger charge is -2.33. The third-order valence-electron chi connectivity index (χ3n) is 9.31. The van der Waals surface area contributed by atoms with Crippen LogP contribution in [0.5, 0.6) is 0 Å². The minimum atomic E-state index is -4.35. The summed E-state index contributed by atoms with van der Waals surface area (Å²) < 4.78 is 66.4. The number of thiophene rings is 1. The number of aromatic nitrogens is 3. The van der Waals surface area contributed by atoms with Gasteiger partial charge in [0.15, 0.2) is 0 Å². The van der Waals surface area contributed by atoms with Gasteiger partial charge in [-0.15, -0.1) is 11.3 Å². The fourth-order valence-corrected chi connectivity index (χ4v) is 8.56. The lowest BCUT2D eigenvalue weighted by molar-refractivity contribution is -0.126. The van der Waals surface area contributed by atoms with Crippen LogP contribution in [0.25, 0.3) is 21.1 Å². The predicted octanol–water partition coefficient (Wildman–Crippen LogP) is 4.17. The number of hydrogen-bond donors (Lipinski definition) is 2. The fourth-order valence-electron chi connectivity index (χ4n) is 6.65. The quantitative estimate of drug-likeness (QED) is 0.266. The summed E-state index contributed by atoms with van der Waals surface area (Å²) in [6.45, 7) is 8.19. The number of nitrogens with zero attached hydrogens (tertiary/aromatic N) is 7. The zero-order valence-corrected chi connectivity index (χ0v) is 28.0. The Balaban J connectivity index is 1.08. The molecule has 252 valence electrons. The van der Waals surface area contributed by atoms with E-state index in [1.807, 2.05) is 6.07 Å². The van der Waals surface area contributed by atoms with Gasteiger partial charge in [-0.05, 0) is 43.0 Å². The molecule has 0 atom stereocenters. The van der Waals surface area contributed by atoms with Crippen LogP contribution < -0.4 is 11.1 Å². The maximum atomic E-state index is 13.1. The highest BCUT2D eigenvalue weighted by Gasteiger charge is 2.31. The number of fused-ring (bicyclic) bond motifs is 2. The summed E-state index contributed by atoms with van der Waals surface area (Å²) in [5, 5.41) is 14.9. The van der Waals surface area contributed by atoms with Crippen molar-refractivity contribution in [1.82, 2.24) is 28.6 Å². The minimum absolute atomic E-state index is 0.0560. The van der Waals surface area contributed by atoms with Crippen LogP contribution in [0.4, 0.5) is 24.7 Å². The summed E-state index contributed by atoms with van der Waals surface area (Å²) in [4.78, 5) is 13.6. The zero-order chi connectivity index (χ0) is 33.5. The molecule has 47 heavy (non-hydrogen) atoms. The number of sulfonamides is 1. The molecule has 3 N–H and O–H groups in total. The number of nitrogen functional groups attached to an aromatic ring is 1. The number of nitrogens with one attached hydrogen (secondary N) is 1. The number of nitriles is 1. The summed E-state index contributed by atoms with van der Waals surface area (Å²) >= 11 is 0.958. The first-order valence-corrected chi connectivity index (χ1v) is 18.2. The Labute approximate surface area is 275 Å². The molecular weight excluding hydrogens is 652 g/mol. The number of hydrogen-bond acceptors (Lipinski definition) is 10. The van der Waals surface area contributed by atoms with Gasteiger partial charge in [-0.2, -0.15) is 22.7 Å². The average Bonchev–Trinajstić information content (AvgIpc) is 3.54. The van der Waals surface area contributed by atoms with Crippen LogP contribution in [0.1, 0.15) is 34.5 Å². The van der Waals surface area contributed by atoms with Gasteiger partial charge in [-0.1, -0.05) is 6.07 Å².